The minimum absolute atomic E-state index is 0.247. The average Bonchev–Trinajstić information content (AvgIpc) is 3.18. The summed E-state index contributed by atoms with van der Waals surface area (Å²) in [7, 11) is 0. The van der Waals surface area contributed by atoms with Gasteiger partial charge in [0.15, 0.2) is 13.2 Å². The molecule has 8 heteroatoms. The SMILES string of the molecule is CC(C)c1ccccc1OCC(=O)OCC(=O)NC(=O)NCCc1cccs1. The molecule has 0 saturated carbocycles. The van der Waals surface area contributed by atoms with Gasteiger partial charge in [-0.15, -0.1) is 11.3 Å². The molecule has 0 atom stereocenters. The van der Waals surface area contributed by atoms with Crippen molar-refractivity contribution in [2.24, 2.45) is 0 Å². The predicted molar refractivity (Wildman–Crippen MR) is 107 cm³/mol. The molecule has 0 spiro atoms. The van der Waals surface area contributed by atoms with Gasteiger partial charge in [0.1, 0.15) is 5.75 Å². The Labute approximate surface area is 168 Å². The van der Waals surface area contributed by atoms with Crippen LogP contribution in [-0.2, 0) is 20.7 Å². The molecule has 0 aliphatic carbocycles. The zero-order chi connectivity index (χ0) is 20.4. The van der Waals surface area contributed by atoms with Gasteiger partial charge in [0, 0.05) is 11.4 Å². The molecule has 1 aromatic heterocycles. The van der Waals surface area contributed by atoms with Crippen molar-refractivity contribution in [3.05, 3.63) is 52.2 Å². The van der Waals surface area contributed by atoms with Crippen LogP contribution in [-0.4, -0.2) is 37.7 Å². The summed E-state index contributed by atoms with van der Waals surface area (Å²) in [6, 6.07) is 10.7. The molecule has 2 rings (SSSR count). The van der Waals surface area contributed by atoms with E-state index in [1.807, 2.05) is 49.6 Å². The average molecular weight is 404 g/mol. The number of urea groups is 1. The number of amides is 3. The fraction of sp³-hybridized carbons (Fsp3) is 0.350. The smallest absolute Gasteiger partial charge is 0.344 e. The third-order valence-electron chi connectivity index (χ3n) is 3.74. The molecule has 0 fully saturated rings. The van der Waals surface area contributed by atoms with Crippen LogP contribution in [0.15, 0.2) is 41.8 Å². The molecule has 0 saturated heterocycles. The van der Waals surface area contributed by atoms with E-state index < -0.39 is 24.5 Å². The molecule has 1 heterocycles. The number of para-hydroxylation sites is 1. The zero-order valence-electron chi connectivity index (χ0n) is 15.9. The maximum Gasteiger partial charge on any atom is 0.344 e. The van der Waals surface area contributed by atoms with Gasteiger partial charge in [-0.3, -0.25) is 10.1 Å². The van der Waals surface area contributed by atoms with Gasteiger partial charge < -0.3 is 14.8 Å². The third-order valence-corrected chi connectivity index (χ3v) is 4.68. The van der Waals surface area contributed by atoms with Crippen molar-refractivity contribution in [1.82, 2.24) is 10.6 Å². The fourth-order valence-corrected chi connectivity index (χ4v) is 3.08. The summed E-state index contributed by atoms with van der Waals surface area (Å²) in [5.74, 6) is -0.545. The highest BCUT2D eigenvalue weighted by molar-refractivity contribution is 7.09. The fourth-order valence-electron chi connectivity index (χ4n) is 2.37. The van der Waals surface area contributed by atoms with Crippen LogP contribution in [0.4, 0.5) is 4.79 Å². The Kier molecular flexibility index (Phi) is 8.48. The number of carbonyl (C=O) groups is 3. The topological polar surface area (TPSA) is 93.7 Å². The molecule has 0 unspecified atom stereocenters. The van der Waals surface area contributed by atoms with E-state index in [2.05, 4.69) is 10.6 Å². The van der Waals surface area contributed by atoms with Crippen LogP contribution >= 0.6 is 11.3 Å². The highest BCUT2D eigenvalue weighted by atomic mass is 32.1. The second-order valence-electron chi connectivity index (χ2n) is 6.28. The Balaban J connectivity index is 1.64. The van der Waals surface area contributed by atoms with E-state index in [1.165, 1.54) is 0 Å². The second kappa shape index (κ2) is 11.1. The monoisotopic (exact) mass is 404 g/mol. The summed E-state index contributed by atoms with van der Waals surface area (Å²) >= 11 is 1.60. The molecule has 0 aliphatic rings. The number of thiophene rings is 1. The normalized spacial score (nSPS) is 10.4. The van der Waals surface area contributed by atoms with Crippen LogP contribution in [0, 0.1) is 0 Å². The Morgan fingerprint density at radius 2 is 1.86 bits per heavy atom. The first-order valence-corrected chi connectivity index (χ1v) is 9.81. The highest BCUT2D eigenvalue weighted by Gasteiger charge is 2.13. The number of nitrogens with one attached hydrogen (secondary N) is 2. The van der Waals surface area contributed by atoms with Crippen LogP contribution in [0.25, 0.3) is 0 Å². The molecule has 0 aliphatic heterocycles. The van der Waals surface area contributed by atoms with E-state index in [-0.39, 0.29) is 12.5 Å². The lowest BCUT2D eigenvalue weighted by Crippen LogP contribution is -2.42. The van der Waals surface area contributed by atoms with Gasteiger partial charge in [0.2, 0.25) is 0 Å². The Morgan fingerprint density at radius 1 is 1.07 bits per heavy atom. The van der Waals surface area contributed by atoms with Gasteiger partial charge >= 0.3 is 12.0 Å². The van der Waals surface area contributed by atoms with Crippen molar-refractivity contribution in [1.29, 1.82) is 0 Å². The lowest BCUT2D eigenvalue weighted by Gasteiger charge is -2.13. The lowest BCUT2D eigenvalue weighted by atomic mass is 10.0. The van der Waals surface area contributed by atoms with E-state index >= 15 is 0 Å². The maximum atomic E-state index is 11.8. The first kappa shape index (κ1) is 21.4. The lowest BCUT2D eigenvalue weighted by molar-refractivity contribution is -0.150. The molecule has 0 radical (unpaired) electrons. The third kappa shape index (κ3) is 7.40. The van der Waals surface area contributed by atoms with E-state index in [0.29, 0.717) is 18.7 Å². The van der Waals surface area contributed by atoms with E-state index in [4.69, 9.17) is 9.47 Å². The van der Waals surface area contributed by atoms with Crippen molar-refractivity contribution >= 4 is 29.2 Å². The molecular weight excluding hydrogens is 380 g/mol. The first-order chi connectivity index (χ1) is 13.5. The van der Waals surface area contributed by atoms with E-state index in [9.17, 15) is 14.4 Å². The number of esters is 1. The summed E-state index contributed by atoms with van der Waals surface area (Å²) < 4.78 is 10.3. The molecule has 28 heavy (non-hydrogen) atoms. The van der Waals surface area contributed by atoms with Gasteiger partial charge in [-0.1, -0.05) is 38.1 Å². The van der Waals surface area contributed by atoms with Crippen molar-refractivity contribution < 1.29 is 23.9 Å². The summed E-state index contributed by atoms with van der Waals surface area (Å²) in [6.07, 6.45) is 0.684. The van der Waals surface area contributed by atoms with Crippen molar-refractivity contribution in [2.45, 2.75) is 26.2 Å². The summed E-state index contributed by atoms with van der Waals surface area (Å²) in [6.45, 7) is 3.59. The van der Waals surface area contributed by atoms with Gasteiger partial charge in [-0.05, 0) is 35.4 Å². The minimum Gasteiger partial charge on any atom is -0.482 e. The summed E-state index contributed by atoms with van der Waals surface area (Å²) in [5, 5.41) is 6.64. The van der Waals surface area contributed by atoms with Crippen molar-refractivity contribution in [3.8, 4) is 5.75 Å². The number of carbonyl (C=O) groups excluding carboxylic acids is 3. The number of hydrogen-bond acceptors (Lipinski definition) is 6. The Hall–Kier alpha value is -2.87. The molecule has 2 N–H and O–H groups in total. The zero-order valence-corrected chi connectivity index (χ0v) is 16.7. The standard InChI is InChI=1S/C20H24N2O5S/c1-14(2)16-7-3-4-8-17(16)26-13-19(24)27-12-18(23)22-20(25)21-10-9-15-6-5-11-28-15/h3-8,11,14H,9-10,12-13H2,1-2H3,(H2,21,22,23,25). The molecule has 0 bridgehead atoms. The quantitative estimate of drug-likeness (QED) is 0.627. The molecule has 7 nitrogen and oxygen atoms in total. The van der Waals surface area contributed by atoms with E-state index in [0.717, 1.165) is 10.4 Å². The van der Waals surface area contributed by atoms with Gasteiger partial charge in [-0.2, -0.15) is 0 Å². The predicted octanol–water partition coefficient (Wildman–Crippen LogP) is 2.86. The second-order valence-corrected chi connectivity index (χ2v) is 7.31. The molecular formula is C20H24N2O5S. The molecule has 3 amide bonds. The maximum absolute atomic E-state index is 11.8. The number of ether oxygens (including phenoxy) is 2. The Bertz CT molecular complexity index is 790. The largest absolute Gasteiger partial charge is 0.482 e. The van der Waals surface area contributed by atoms with Gasteiger partial charge in [0.25, 0.3) is 5.91 Å². The van der Waals surface area contributed by atoms with Gasteiger partial charge in [0.05, 0.1) is 0 Å². The van der Waals surface area contributed by atoms with E-state index in [1.54, 1.807) is 17.4 Å². The summed E-state index contributed by atoms with van der Waals surface area (Å²) in [5.41, 5.74) is 0.979. The summed E-state index contributed by atoms with van der Waals surface area (Å²) in [4.78, 5) is 36.2. The number of benzene rings is 1. The van der Waals surface area contributed by atoms with Crippen LogP contribution in [0.2, 0.25) is 0 Å². The number of rotatable bonds is 9. The minimum atomic E-state index is -0.704. The first-order valence-electron chi connectivity index (χ1n) is 8.93. The van der Waals surface area contributed by atoms with Crippen LogP contribution in [0.3, 0.4) is 0 Å². The van der Waals surface area contributed by atoms with Crippen LogP contribution in [0.1, 0.15) is 30.2 Å². The highest BCUT2D eigenvalue weighted by Crippen LogP contribution is 2.25. The molecule has 1 aromatic carbocycles. The molecule has 2 aromatic rings. The van der Waals surface area contributed by atoms with Crippen molar-refractivity contribution in [2.75, 3.05) is 19.8 Å². The van der Waals surface area contributed by atoms with Crippen LogP contribution in [0.5, 0.6) is 5.75 Å². The number of imide groups is 1. The van der Waals surface area contributed by atoms with Crippen molar-refractivity contribution in [3.63, 3.8) is 0 Å². The van der Waals surface area contributed by atoms with Gasteiger partial charge in [-0.25, -0.2) is 9.59 Å². The molecule has 150 valence electrons. The number of hydrogen-bond donors (Lipinski definition) is 2. The Morgan fingerprint density at radius 3 is 2.57 bits per heavy atom. The van der Waals surface area contributed by atoms with Crippen LogP contribution < -0.4 is 15.4 Å².